The van der Waals surface area contributed by atoms with Gasteiger partial charge in [0, 0.05) is 25.3 Å². The van der Waals surface area contributed by atoms with Gasteiger partial charge in [0.15, 0.2) is 0 Å². The predicted octanol–water partition coefficient (Wildman–Crippen LogP) is 1.43. The van der Waals surface area contributed by atoms with Gasteiger partial charge in [-0.1, -0.05) is 6.07 Å². The molecule has 0 aliphatic heterocycles. The second-order valence-electron chi connectivity index (χ2n) is 4.37. The quantitative estimate of drug-likeness (QED) is 0.791. The molecular weight excluding hydrogens is 186 g/mol. The fourth-order valence-electron chi connectivity index (χ4n) is 1.49. The van der Waals surface area contributed by atoms with Crippen molar-refractivity contribution in [3.63, 3.8) is 0 Å². The zero-order valence-corrected chi connectivity index (χ0v) is 10.1. The van der Waals surface area contributed by atoms with E-state index < -0.39 is 0 Å². The highest BCUT2D eigenvalue weighted by atomic mass is 15.1. The first-order chi connectivity index (χ1) is 7.08. The predicted molar refractivity (Wildman–Crippen MR) is 63.8 cm³/mol. The summed E-state index contributed by atoms with van der Waals surface area (Å²) >= 11 is 0. The van der Waals surface area contributed by atoms with Gasteiger partial charge in [-0.2, -0.15) is 0 Å². The SMILES string of the molecule is Cc1ccc(CNC(C)CN(C)C)nc1. The number of pyridine rings is 1. The van der Waals surface area contributed by atoms with Gasteiger partial charge in [-0.15, -0.1) is 0 Å². The van der Waals surface area contributed by atoms with Crippen LogP contribution in [-0.2, 0) is 6.54 Å². The van der Waals surface area contributed by atoms with Crippen LogP contribution in [0.25, 0.3) is 0 Å². The molecule has 1 heterocycles. The van der Waals surface area contributed by atoms with Gasteiger partial charge in [0.25, 0.3) is 0 Å². The zero-order chi connectivity index (χ0) is 11.3. The summed E-state index contributed by atoms with van der Waals surface area (Å²) in [5.74, 6) is 0. The zero-order valence-electron chi connectivity index (χ0n) is 10.1. The largest absolute Gasteiger partial charge is 0.308 e. The van der Waals surface area contributed by atoms with Crippen LogP contribution in [0.3, 0.4) is 0 Å². The van der Waals surface area contributed by atoms with Crippen LogP contribution in [0.4, 0.5) is 0 Å². The molecule has 1 aromatic rings. The Bertz CT molecular complexity index is 279. The second kappa shape index (κ2) is 5.83. The van der Waals surface area contributed by atoms with E-state index in [1.54, 1.807) is 0 Å². The number of rotatable bonds is 5. The standard InChI is InChI=1S/C12H21N3/c1-10-5-6-12(14-7-10)8-13-11(2)9-15(3)4/h5-7,11,13H,8-9H2,1-4H3. The number of nitrogens with zero attached hydrogens (tertiary/aromatic N) is 2. The lowest BCUT2D eigenvalue weighted by atomic mass is 10.2. The van der Waals surface area contributed by atoms with Gasteiger partial charge < -0.3 is 10.2 Å². The number of hydrogen-bond donors (Lipinski definition) is 1. The molecule has 0 amide bonds. The Balaban J connectivity index is 2.33. The van der Waals surface area contributed by atoms with Crippen molar-refractivity contribution in [3.05, 3.63) is 29.6 Å². The molecule has 3 nitrogen and oxygen atoms in total. The van der Waals surface area contributed by atoms with Crippen LogP contribution < -0.4 is 5.32 Å². The summed E-state index contributed by atoms with van der Waals surface area (Å²) in [5.41, 5.74) is 2.31. The molecule has 0 saturated carbocycles. The Hall–Kier alpha value is -0.930. The van der Waals surface area contributed by atoms with Gasteiger partial charge in [0.05, 0.1) is 5.69 Å². The van der Waals surface area contributed by atoms with Crippen LogP contribution >= 0.6 is 0 Å². The van der Waals surface area contributed by atoms with Crippen molar-refractivity contribution in [3.8, 4) is 0 Å². The van der Waals surface area contributed by atoms with Crippen molar-refractivity contribution in [2.45, 2.75) is 26.4 Å². The summed E-state index contributed by atoms with van der Waals surface area (Å²) < 4.78 is 0. The van der Waals surface area contributed by atoms with Crippen LogP contribution in [0, 0.1) is 6.92 Å². The summed E-state index contributed by atoms with van der Waals surface area (Å²) in [6.45, 7) is 6.13. The van der Waals surface area contributed by atoms with Crippen LogP contribution in [0.15, 0.2) is 18.3 Å². The minimum Gasteiger partial charge on any atom is -0.308 e. The van der Waals surface area contributed by atoms with Crippen molar-refractivity contribution in [1.29, 1.82) is 0 Å². The molecule has 84 valence electrons. The summed E-state index contributed by atoms with van der Waals surface area (Å²) in [4.78, 5) is 6.53. The van der Waals surface area contributed by atoms with E-state index in [4.69, 9.17) is 0 Å². The molecule has 0 spiro atoms. The monoisotopic (exact) mass is 207 g/mol. The number of aryl methyl sites for hydroxylation is 1. The molecule has 0 radical (unpaired) electrons. The van der Waals surface area contributed by atoms with Crippen LogP contribution in [0.5, 0.6) is 0 Å². The molecule has 0 aliphatic carbocycles. The van der Waals surface area contributed by atoms with E-state index in [1.807, 2.05) is 6.20 Å². The Kier molecular flexibility index (Phi) is 4.72. The van der Waals surface area contributed by atoms with Crippen molar-refractivity contribution in [2.75, 3.05) is 20.6 Å². The molecular formula is C12H21N3. The van der Waals surface area contributed by atoms with Gasteiger partial charge in [-0.05, 0) is 39.6 Å². The lowest BCUT2D eigenvalue weighted by Crippen LogP contribution is -2.35. The van der Waals surface area contributed by atoms with Crippen LogP contribution in [0.2, 0.25) is 0 Å². The first-order valence-electron chi connectivity index (χ1n) is 5.37. The molecule has 1 N–H and O–H groups in total. The third-order valence-electron chi connectivity index (χ3n) is 2.24. The van der Waals surface area contributed by atoms with Gasteiger partial charge in [-0.3, -0.25) is 4.98 Å². The molecule has 0 aromatic carbocycles. The highest BCUT2D eigenvalue weighted by Gasteiger charge is 2.02. The van der Waals surface area contributed by atoms with E-state index in [2.05, 4.69) is 55.3 Å². The summed E-state index contributed by atoms with van der Waals surface area (Å²) in [6, 6.07) is 4.66. The lowest BCUT2D eigenvalue weighted by Gasteiger charge is -2.18. The normalized spacial score (nSPS) is 13.1. The van der Waals surface area contributed by atoms with E-state index in [9.17, 15) is 0 Å². The van der Waals surface area contributed by atoms with E-state index in [-0.39, 0.29) is 0 Å². The first-order valence-corrected chi connectivity index (χ1v) is 5.37. The van der Waals surface area contributed by atoms with E-state index in [0.29, 0.717) is 6.04 Å². The molecule has 0 fully saturated rings. The van der Waals surface area contributed by atoms with Gasteiger partial charge in [0.1, 0.15) is 0 Å². The van der Waals surface area contributed by atoms with E-state index in [1.165, 1.54) is 5.56 Å². The van der Waals surface area contributed by atoms with Crippen molar-refractivity contribution >= 4 is 0 Å². The maximum atomic E-state index is 4.35. The topological polar surface area (TPSA) is 28.2 Å². The Labute approximate surface area is 92.5 Å². The molecule has 1 rings (SSSR count). The molecule has 1 unspecified atom stereocenters. The van der Waals surface area contributed by atoms with Crippen molar-refractivity contribution < 1.29 is 0 Å². The number of likely N-dealkylation sites (N-methyl/N-ethyl adjacent to an activating group) is 1. The summed E-state index contributed by atoms with van der Waals surface area (Å²) in [7, 11) is 4.17. The van der Waals surface area contributed by atoms with Gasteiger partial charge in [0.2, 0.25) is 0 Å². The van der Waals surface area contributed by atoms with E-state index >= 15 is 0 Å². The average Bonchev–Trinajstić information content (AvgIpc) is 2.16. The molecule has 0 aliphatic rings. The maximum Gasteiger partial charge on any atom is 0.0541 e. The Morgan fingerprint density at radius 3 is 2.67 bits per heavy atom. The van der Waals surface area contributed by atoms with Crippen molar-refractivity contribution in [1.82, 2.24) is 15.2 Å². The number of hydrogen-bond acceptors (Lipinski definition) is 3. The van der Waals surface area contributed by atoms with E-state index in [0.717, 1.165) is 18.8 Å². The smallest absolute Gasteiger partial charge is 0.0541 e. The maximum absolute atomic E-state index is 4.35. The van der Waals surface area contributed by atoms with Crippen LogP contribution in [-0.4, -0.2) is 36.6 Å². The molecule has 0 saturated heterocycles. The highest BCUT2D eigenvalue weighted by Crippen LogP contribution is 1.98. The molecule has 3 heteroatoms. The Morgan fingerprint density at radius 2 is 2.13 bits per heavy atom. The molecule has 1 aromatic heterocycles. The first kappa shape index (κ1) is 12.1. The lowest BCUT2D eigenvalue weighted by molar-refractivity contribution is 0.348. The molecule has 1 atom stereocenters. The Morgan fingerprint density at radius 1 is 1.40 bits per heavy atom. The number of nitrogens with one attached hydrogen (secondary N) is 1. The van der Waals surface area contributed by atoms with Crippen LogP contribution in [0.1, 0.15) is 18.2 Å². The van der Waals surface area contributed by atoms with Gasteiger partial charge >= 0.3 is 0 Å². The van der Waals surface area contributed by atoms with Gasteiger partial charge in [-0.25, -0.2) is 0 Å². The average molecular weight is 207 g/mol. The molecule has 15 heavy (non-hydrogen) atoms. The van der Waals surface area contributed by atoms with Crippen molar-refractivity contribution in [2.24, 2.45) is 0 Å². The molecule has 0 bridgehead atoms. The fraction of sp³-hybridized carbons (Fsp3) is 0.583. The summed E-state index contributed by atoms with van der Waals surface area (Å²) in [5, 5.41) is 3.45. The number of aromatic nitrogens is 1. The second-order valence-corrected chi connectivity index (χ2v) is 4.37. The summed E-state index contributed by atoms with van der Waals surface area (Å²) in [6.07, 6.45) is 1.91. The fourth-order valence-corrected chi connectivity index (χ4v) is 1.49. The minimum absolute atomic E-state index is 0.489. The third-order valence-corrected chi connectivity index (χ3v) is 2.24. The third kappa shape index (κ3) is 4.91. The minimum atomic E-state index is 0.489. The highest BCUT2D eigenvalue weighted by molar-refractivity contribution is 5.11.